The Hall–Kier alpha value is -2.99. The van der Waals surface area contributed by atoms with E-state index >= 15 is 0 Å². The van der Waals surface area contributed by atoms with Crippen molar-refractivity contribution in [2.75, 3.05) is 33.0 Å². The molecule has 0 aliphatic carbocycles. The zero-order valence-corrected chi connectivity index (χ0v) is 18.3. The molecule has 0 atom stereocenters. The molecule has 6 heteroatoms. The fourth-order valence-electron chi connectivity index (χ4n) is 2.69. The molecule has 2 aromatic carbocycles. The zero-order chi connectivity index (χ0) is 22.3. The summed E-state index contributed by atoms with van der Waals surface area (Å²) < 4.78 is 22.1. The van der Waals surface area contributed by atoms with Gasteiger partial charge in [0.1, 0.15) is 12.4 Å². The van der Waals surface area contributed by atoms with Crippen LogP contribution in [0.3, 0.4) is 0 Å². The van der Waals surface area contributed by atoms with Crippen LogP contribution in [0.5, 0.6) is 17.2 Å². The van der Waals surface area contributed by atoms with Crippen LogP contribution in [0.2, 0.25) is 0 Å². The number of aromatic hydroxyl groups is 1. The molecule has 2 aromatic rings. The Morgan fingerprint density at radius 1 is 0.935 bits per heavy atom. The second-order valence-corrected chi connectivity index (χ2v) is 6.87. The van der Waals surface area contributed by atoms with E-state index in [-0.39, 0.29) is 12.4 Å². The highest BCUT2D eigenvalue weighted by Gasteiger charge is 2.07. The Kier molecular flexibility index (Phi) is 11.0. The second kappa shape index (κ2) is 14.1. The third-order valence-corrected chi connectivity index (χ3v) is 4.40. The van der Waals surface area contributed by atoms with Gasteiger partial charge in [-0.25, -0.2) is 4.79 Å². The fraction of sp³-hybridized carbons (Fsp3) is 0.400. The van der Waals surface area contributed by atoms with Crippen LogP contribution in [0.15, 0.2) is 48.5 Å². The number of phenols is 1. The Labute approximate surface area is 184 Å². The largest absolute Gasteiger partial charge is 0.508 e. The van der Waals surface area contributed by atoms with E-state index in [9.17, 15) is 9.90 Å². The van der Waals surface area contributed by atoms with E-state index in [2.05, 4.69) is 6.92 Å². The van der Waals surface area contributed by atoms with Crippen molar-refractivity contribution >= 4 is 12.0 Å². The van der Waals surface area contributed by atoms with Gasteiger partial charge in [0.05, 0.1) is 19.8 Å². The molecule has 0 fully saturated rings. The average molecular weight is 429 g/mol. The molecule has 0 aliphatic heterocycles. The summed E-state index contributed by atoms with van der Waals surface area (Å²) in [5.41, 5.74) is 1.90. The van der Waals surface area contributed by atoms with Crippen LogP contribution in [0.4, 0.5) is 0 Å². The molecule has 0 amide bonds. The highest BCUT2D eigenvalue weighted by molar-refractivity contribution is 5.87. The molecular weight excluding hydrogens is 396 g/mol. The van der Waals surface area contributed by atoms with E-state index in [1.54, 1.807) is 18.2 Å². The van der Waals surface area contributed by atoms with Crippen molar-refractivity contribution in [2.24, 2.45) is 0 Å². The number of rotatable bonds is 14. The van der Waals surface area contributed by atoms with E-state index in [1.165, 1.54) is 6.08 Å². The van der Waals surface area contributed by atoms with Gasteiger partial charge in [0, 0.05) is 19.1 Å². The highest BCUT2D eigenvalue weighted by Crippen LogP contribution is 2.29. The third kappa shape index (κ3) is 9.57. The minimum absolute atomic E-state index is 0.232. The first-order valence-corrected chi connectivity index (χ1v) is 10.7. The van der Waals surface area contributed by atoms with Gasteiger partial charge in [0.15, 0.2) is 11.5 Å². The first-order valence-electron chi connectivity index (χ1n) is 10.7. The number of carbonyl (C=O) groups is 1. The van der Waals surface area contributed by atoms with Crippen molar-refractivity contribution in [2.45, 2.75) is 33.1 Å². The second-order valence-electron chi connectivity index (χ2n) is 6.87. The lowest BCUT2D eigenvalue weighted by Crippen LogP contribution is -2.08. The lowest BCUT2D eigenvalue weighted by Gasteiger charge is -2.13. The summed E-state index contributed by atoms with van der Waals surface area (Å²) in [6, 6.07) is 12.6. The standard InChI is InChI=1S/C25H32O6/c1-3-5-15-29-24-19-21(9-13-25(27)31-18-17-28-4-2)8-12-23(24)30-16-14-20-6-10-22(26)11-7-20/h6-13,19,26H,3-5,14-18H2,1-2H3/b13-9-. The predicted molar refractivity (Wildman–Crippen MR) is 121 cm³/mol. The Morgan fingerprint density at radius 2 is 1.71 bits per heavy atom. The molecule has 0 aromatic heterocycles. The first-order chi connectivity index (χ1) is 15.1. The van der Waals surface area contributed by atoms with Gasteiger partial charge in [-0.05, 0) is 54.8 Å². The molecule has 0 saturated carbocycles. The molecule has 0 aliphatic rings. The number of phenolic OH excluding ortho intramolecular Hbond substituents is 1. The summed E-state index contributed by atoms with van der Waals surface area (Å²) in [7, 11) is 0. The van der Waals surface area contributed by atoms with Gasteiger partial charge in [0.2, 0.25) is 0 Å². The van der Waals surface area contributed by atoms with E-state index in [4.69, 9.17) is 18.9 Å². The van der Waals surface area contributed by atoms with Crippen LogP contribution >= 0.6 is 0 Å². The van der Waals surface area contributed by atoms with Crippen LogP contribution in [0, 0.1) is 0 Å². The molecule has 6 nitrogen and oxygen atoms in total. The molecular formula is C25H32O6. The molecule has 0 unspecified atom stereocenters. The molecule has 31 heavy (non-hydrogen) atoms. The first kappa shape index (κ1) is 24.3. The fourth-order valence-corrected chi connectivity index (χ4v) is 2.69. The molecule has 0 spiro atoms. The number of hydrogen-bond acceptors (Lipinski definition) is 6. The Bertz CT molecular complexity index is 813. The van der Waals surface area contributed by atoms with Crippen molar-refractivity contribution in [1.82, 2.24) is 0 Å². The van der Waals surface area contributed by atoms with E-state index in [0.717, 1.165) is 24.0 Å². The SMILES string of the molecule is CCCCOc1cc(/C=C\C(=O)OCCOCC)ccc1OCCc1ccc(O)cc1. The van der Waals surface area contributed by atoms with Crippen LogP contribution in [0.25, 0.3) is 6.08 Å². The van der Waals surface area contributed by atoms with Crippen LogP contribution in [-0.2, 0) is 20.7 Å². The van der Waals surface area contributed by atoms with E-state index in [1.807, 2.05) is 37.3 Å². The van der Waals surface area contributed by atoms with Gasteiger partial charge in [-0.3, -0.25) is 0 Å². The quantitative estimate of drug-likeness (QED) is 0.265. The summed E-state index contributed by atoms with van der Waals surface area (Å²) in [6.07, 6.45) is 5.77. The predicted octanol–water partition coefficient (Wildman–Crippen LogP) is 4.79. The average Bonchev–Trinajstić information content (AvgIpc) is 2.78. The monoisotopic (exact) mass is 428 g/mol. The molecule has 1 N–H and O–H groups in total. The lowest BCUT2D eigenvalue weighted by molar-refractivity contribution is -0.139. The van der Waals surface area contributed by atoms with Gasteiger partial charge in [-0.2, -0.15) is 0 Å². The minimum atomic E-state index is -0.414. The van der Waals surface area contributed by atoms with E-state index in [0.29, 0.717) is 44.3 Å². The number of unbranched alkanes of at least 4 members (excludes halogenated alkanes) is 1. The number of benzene rings is 2. The van der Waals surface area contributed by atoms with Crippen LogP contribution < -0.4 is 9.47 Å². The van der Waals surface area contributed by atoms with Crippen molar-refractivity contribution in [3.63, 3.8) is 0 Å². The normalized spacial score (nSPS) is 10.9. The molecule has 0 saturated heterocycles. The summed E-state index contributed by atoms with van der Waals surface area (Å²) in [5, 5.41) is 9.38. The maximum Gasteiger partial charge on any atom is 0.330 e. The summed E-state index contributed by atoms with van der Waals surface area (Å²) in [4.78, 5) is 11.8. The summed E-state index contributed by atoms with van der Waals surface area (Å²) >= 11 is 0. The van der Waals surface area contributed by atoms with Gasteiger partial charge >= 0.3 is 5.97 Å². The number of hydrogen-bond donors (Lipinski definition) is 1. The molecule has 0 heterocycles. The van der Waals surface area contributed by atoms with E-state index < -0.39 is 5.97 Å². The molecule has 2 rings (SSSR count). The highest BCUT2D eigenvalue weighted by atomic mass is 16.6. The molecule has 0 bridgehead atoms. The van der Waals surface area contributed by atoms with Gasteiger partial charge in [-0.15, -0.1) is 0 Å². The van der Waals surface area contributed by atoms with Gasteiger partial charge in [0.25, 0.3) is 0 Å². The Balaban J connectivity index is 1.96. The Morgan fingerprint density at radius 3 is 2.45 bits per heavy atom. The lowest BCUT2D eigenvalue weighted by atomic mass is 10.1. The minimum Gasteiger partial charge on any atom is -0.508 e. The van der Waals surface area contributed by atoms with Crippen molar-refractivity contribution in [3.8, 4) is 17.2 Å². The van der Waals surface area contributed by atoms with Gasteiger partial charge in [-0.1, -0.05) is 31.5 Å². The zero-order valence-electron chi connectivity index (χ0n) is 18.3. The summed E-state index contributed by atoms with van der Waals surface area (Å²) in [5.74, 6) is 1.14. The van der Waals surface area contributed by atoms with Gasteiger partial charge < -0.3 is 24.1 Å². The summed E-state index contributed by atoms with van der Waals surface area (Å²) in [6.45, 7) is 6.29. The maximum atomic E-state index is 11.8. The number of esters is 1. The van der Waals surface area contributed by atoms with Crippen LogP contribution in [0.1, 0.15) is 37.8 Å². The molecule has 0 radical (unpaired) electrons. The van der Waals surface area contributed by atoms with Crippen molar-refractivity contribution in [3.05, 3.63) is 59.7 Å². The number of ether oxygens (including phenoxy) is 4. The maximum absolute atomic E-state index is 11.8. The third-order valence-electron chi connectivity index (χ3n) is 4.40. The smallest absolute Gasteiger partial charge is 0.330 e. The van der Waals surface area contributed by atoms with Crippen molar-refractivity contribution in [1.29, 1.82) is 0 Å². The van der Waals surface area contributed by atoms with Crippen molar-refractivity contribution < 1.29 is 28.8 Å². The topological polar surface area (TPSA) is 74.2 Å². The molecule has 168 valence electrons. The van der Waals surface area contributed by atoms with Crippen LogP contribution in [-0.4, -0.2) is 44.1 Å². The number of carbonyl (C=O) groups excluding carboxylic acids is 1.